The van der Waals surface area contributed by atoms with Gasteiger partial charge in [-0.25, -0.2) is 4.98 Å². The molecule has 0 radical (unpaired) electrons. The molecule has 1 aliphatic heterocycles. The van der Waals surface area contributed by atoms with Crippen molar-refractivity contribution in [3.8, 4) is 5.75 Å². The number of hydrogen-bond acceptors (Lipinski definition) is 5. The normalized spacial score (nSPS) is 18.7. The summed E-state index contributed by atoms with van der Waals surface area (Å²) in [6.07, 6.45) is 6.46. The molecule has 0 spiro atoms. The fourth-order valence-electron chi connectivity index (χ4n) is 2.70. The molecule has 1 aliphatic rings. The van der Waals surface area contributed by atoms with Gasteiger partial charge in [-0.15, -0.1) is 0 Å². The lowest BCUT2D eigenvalue weighted by Crippen LogP contribution is -2.32. The van der Waals surface area contributed by atoms with Crippen LogP contribution in [0.4, 0.5) is 0 Å². The van der Waals surface area contributed by atoms with E-state index in [0.717, 1.165) is 18.4 Å². The number of carbonyl (C=O) groups is 1. The highest BCUT2D eigenvalue weighted by Gasteiger charge is 2.19. The van der Waals surface area contributed by atoms with Gasteiger partial charge in [0, 0.05) is 13.0 Å². The molecular formula is C18H22N6O2. The van der Waals surface area contributed by atoms with Crippen LogP contribution < -0.4 is 11.1 Å². The van der Waals surface area contributed by atoms with Crippen LogP contribution in [0.3, 0.4) is 0 Å². The summed E-state index contributed by atoms with van der Waals surface area (Å²) in [5.74, 6) is 1.62. The Bertz CT molecular complexity index is 809. The molecule has 3 rings (SSSR count). The van der Waals surface area contributed by atoms with Crippen molar-refractivity contribution in [2.24, 2.45) is 10.7 Å². The summed E-state index contributed by atoms with van der Waals surface area (Å²) in [6, 6.07) is 6.49. The predicted octanol–water partition coefficient (Wildman–Crippen LogP) is 1.14. The Morgan fingerprint density at radius 1 is 1.35 bits per heavy atom. The molecule has 1 fully saturated rings. The number of hydrogen-bond donors (Lipinski definition) is 4. The van der Waals surface area contributed by atoms with E-state index >= 15 is 0 Å². The molecule has 1 aromatic heterocycles. The zero-order valence-electron chi connectivity index (χ0n) is 14.4. The van der Waals surface area contributed by atoms with Crippen LogP contribution in [0.15, 0.2) is 35.3 Å². The third-order valence-corrected chi connectivity index (χ3v) is 4.07. The van der Waals surface area contributed by atoms with E-state index in [-0.39, 0.29) is 17.5 Å². The Morgan fingerprint density at radius 2 is 2.15 bits per heavy atom. The molecule has 1 atom stereocenters. The lowest BCUT2D eigenvalue weighted by Gasteiger charge is -2.07. The molecule has 0 bridgehead atoms. The molecule has 0 aliphatic carbocycles. The van der Waals surface area contributed by atoms with Crippen LogP contribution in [0.2, 0.25) is 0 Å². The summed E-state index contributed by atoms with van der Waals surface area (Å²) in [7, 11) is 0. The highest BCUT2D eigenvalue weighted by Crippen LogP contribution is 2.12. The van der Waals surface area contributed by atoms with Crippen molar-refractivity contribution in [1.82, 2.24) is 20.5 Å². The van der Waals surface area contributed by atoms with Crippen molar-refractivity contribution >= 4 is 17.8 Å². The van der Waals surface area contributed by atoms with Gasteiger partial charge in [0.1, 0.15) is 23.5 Å². The van der Waals surface area contributed by atoms with Crippen molar-refractivity contribution in [1.29, 1.82) is 0 Å². The maximum Gasteiger partial charge on any atom is 0.244 e. The fourth-order valence-corrected chi connectivity index (χ4v) is 2.70. The number of phenolic OH excluding ortho intramolecular Hbond substituents is 1. The van der Waals surface area contributed by atoms with Crippen molar-refractivity contribution in [3.63, 3.8) is 0 Å². The minimum atomic E-state index is -0.431. The van der Waals surface area contributed by atoms with Gasteiger partial charge in [-0.1, -0.05) is 12.1 Å². The molecule has 5 N–H and O–H groups in total. The van der Waals surface area contributed by atoms with Crippen molar-refractivity contribution in [2.75, 3.05) is 6.54 Å². The van der Waals surface area contributed by atoms with Gasteiger partial charge in [-0.3, -0.25) is 14.9 Å². The number of nitrogens with two attached hydrogens (primary N) is 1. The highest BCUT2D eigenvalue weighted by molar-refractivity contribution is 5.96. The molecule has 2 aromatic rings. The molecular weight excluding hydrogens is 332 g/mol. The van der Waals surface area contributed by atoms with E-state index in [4.69, 9.17) is 5.73 Å². The van der Waals surface area contributed by atoms with Crippen LogP contribution in [-0.4, -0.2) is 44.6 Å². The topological polar surface area (TPSA) is 129 Å². The Hall–Kier alpha value is -3.16. The summed E-state index contributed by atoms with van der Waals surface area (Å²) in [4.78, 5) is 20.5. The number of phenols is 1. The molecule has 136 valence electrons. The van der Waals surface area contributed by atoms with Gasteiger partial charge in [0.15, 0.2) is 5.82 Å². The number of nitrogens with zero attached hydrogens (tertiary/aromatic N) is 3. The maximum absolute atomic E-state index is 11.9. The van der Waals surface area contributed by atoms with Crippen LogP contribution in [0, 0.1) is 0 Å². The van der Waals surface area contributed by atoms with E-state index in [1.54, 1.807) is 24.3 Å². The largest absolute Gasteiger partial charge is 0.508 e. The Labute approximate surface area is 151 Å². The zero-order chi connectivity index (χ0) is 18.4. The predicted molar refractivity (Wildman–Crippen MR) is 98.6 cm³/mol. The van der Waals surface area contributed by atoms with Crippen molar-refractivity contribution in [2.45, 2.75) is 31.7 Å². The second kappa shape index (κ2) is 8.28. The minimum Gasteiger partial charge on any atom is -0.508 e. The summed E-state index contributed by atoms with van der Waals surface area (Å²) >= 11 is 0. The SMILES string of the molecule is NC(/C=C\c1n[nH]c(Cc2ccc(O)cc2)n1)=NC1CCCCNC1=O. The van der Waals surface area contributed by atoms with Gasteiger partial charge in [-0.2, -0.15) is 5.10 Å². The number of aromatic amines is 1. The molecule has 1 saturated heterocycles. The van der Waals surface area contributed by atoms with E-state index in [2.05, 4.69) is 25.5 Å². The van der Waals surface area contributed by atoms with Crippen LogP contribution >= 0.6 is 0 Å². The zero-order valence-corrected chi connectivity index (χ0v) is 14.4. The first kappa shape index (κ1) is 17.7. The van der Waals surface area contributed by atoms with Crippen molar-refractivity contribution < 1.29 is 9.90 Å². The fraction of sp³-hybridized carbons (Fsp3) is 0.333. The van der Waals surface area contributed by atoms with Gasteiger partial charge >= 0.3 is 0 Å². The highest BCUT2D eigenvalue weighted by atomic mass is 16.3. The van der Waals surface area contributed by atoms with Gasteiger partial charge in [0.05, 0.1) is 0 Å². The molecule has 2 heterocycles. The summed E-state index contributed by atoms with van der Waals surface area (Å²) < 4.78 is 0. The summed E-state index contributed by atoms with van der Waals surface area (Å²) in [5, 5.41) is 19.1. The van der Waals surface area contributed by atoms with Crippen LogP contribution in [-0.2, 0) is 11.2 Å². The van der Waals surface area contributed by atoms with E-state index in [1.807, 2.05) is 12.1 Å². The average molecular weight is 354 g/mol. The number of benzene rings is 1. The number of aliphatic imine (C=N–C) groups is 1. The quantitative estimate of drug-likeness (QED) is 0.473. The standard InChI is InChI=1S/C18H22N6O2/c19-15(21-14-3-1-2-10-20-18(14)26)8-9-16-22-17(24-23-16)11-12-4-6-13(25)7-5-12/h4-9,14,25H,1-3,10-11H2,(H2,19,21)(H,20,26)(H,22,23,24)/b9-8-. The molecule has 0 saturated carbocycles. The Morgan fingerprint density at radius 3 is 2.96 bits per heavy atom. The van der Waals surface area contributed by atoms with Crippen LogP contribution in [0.1, 0.15) is 36.5 Å². The van der Waals surface area contributed by atoms with Crippen LogP contribution in [0.5, 0.6) is 5.75 Å². The first-order valence-electron chi connectivity index (χ1n) is 8.58. The second-order valence-electron chi connectivity index (χ2n) is 6.17. The summed E-state index contributed by atoms with van der Waals surface area (Å²) in [6.45, 7) is 0.696. The minimum absolute atomic E-state index is 0.0760. The van der Waals surface area contributed by atoms with E-state index in [9.17, 15) is 9.90 Å². The third-order valence-electron chi connectivity index (χ3n) is 4.07. The number of rotatable bonds is 5. The van der Waals surface area contributed by atoms with E-state index in [0.29, 0.717) is 31.0 Å². The summed E-state index contributed by atoms with van der Waals surface area (Å²) in [5.41, 5.74) is 6.91. The lowest BCUT2D eigenvalue weighted by molar-refractivity contribution is -0.121. The first-order chi connectivity index (χ1) is 12.6. The molecule has 26 heavy (non-hydrogen) atoms. The van der Waals surface area contributed by atoms with E-state index < -0.39 is 6.04 Å². The third kappa shape index (κ3) is 4.92. The van der Waals surface area contributed by atoms with Gasteiger partial charge in [-0.05, 0) is 49.1 Å². The van der Waals surface area contributed by atoms with E-state index in [1.165, 1.54) is 0 Å². The van der Waals surface area contributed by atoms with Crippen molar-refractivity contribution in [3.05, 3.63) is 47.6 Å². The molecule has 1 unspecified atom stereocenters. The lowest BCUT2D eigenvalue weighted by atomic mass is 10.1. The Kier molecular flexibility index (Phi) is 5.62. The first-order valence-corrected chi connectivity index (χ1v) is 8.58. The van der Waals surface area contributed by atoms with Gasteiger partial charge in [0.2, 0.25) is 5.91 Å². The monoisotopic (exact) mass is 354 g/mol. The number of aromatic nitrogens is 3. The number of amidine groups is 1. The number of H-pyrrole nitrogens is 1. The molecule has 1 aromatic carbocycles. The van der Waals surface area contributed by atoms with Crippen LogP contribution in [0.25, 0.3) is 6.08 Å². The maximum atomic E-state index is 11.9. The van der Waals surface area contributed by atoms with Gasteiger partial charge in [0.25, 0.3) is 0 Å². The average Bonchev–Trinajstić information content (AvgIpc) is 2.98. The number of aromatic hydroxyl groups is 1. The molecule has 1 amide bonds. The molecule has 8 heteroatoms. The second-order valence-corrected chi connectivity index (χ2v) is 6.17. The Balaban J connectivity index is 1.61. The smallest absolute Gasteiger partial charge is 0.244 e. The van der Waals surface area contributed by atoms with Gasteiger partial charge < -0.3 is 16.2 Å². The molecule has 8 nitrogen and oxygen atoms in total. The number of amides is 1. The number of nitrogens with one attached hydrogen (secondary N) is 2. The number of carbonyl (C=O) groups excluding carboxylic acids is 1.